The molecule has 2 aromatic rings. The molecule has 0 spiro atoms. The standard InChI is InChI=1S/C20H24N4O4/c1-14(25)15-4-6-17(7-5-15)28-13-19(27)23-9-2-3-16(11-23)20-22-8-10-24(20)12-18(21)26/h4-8,10,16H,2-3,9,11-13H2,1H3,(H2,21,26)/t16-/m1/s1. The molecule has 0 aliphatic carbocycles. The molecule has 0 bridgehead atoms. The number of ketones is 1. The number of hydrogen-bond donors (Lipinski definition) is 1. The molecule has 1 fully saturated rings. The van der Waals surface area contributed by atoms with Crippen molar-refractivity contribution in [2.75, 3.05) is 19.7 Å². The number of nitrogens with two attached hydrogens (primary N) is 1. The number of amides is 2. The van der Waals surface area contributed by atoms with Crippen molar-refractivity contribution in [3.8, 4) is 5.75 Å². The van der Waals surface area contributed by atoms with Gasteiger partial charge in [0.2, 0.25) is 5.91 Å². The molecule has 148 valence electrons. The lowest BCUT2D eigenvalue weighted by Gasteiger charge is -2.32. The number of aromatic nitrogens is 2. The molecule has 2 N–H and O–H groups in total. The van der Waals surface area contributed by atoms with E-state index < -0.39 is 5.91 Å². The van der Waals surface area contributed by atoms with Gasteiger partial charge in [0.1, 0.15) is 18.1 Å². The summed E-state index contributed by atoms with van der Waals surface area (Å²) < 4.78 is 7.32. The van der Waals surface area contributed by atoms with E-state index in [0.717, 1.165) is 18.7 Å². The molecule has 8 nitrogen and oxygen atoms in total. The number of piperidine rings is 1. The summed E-state index contributed by atoms with van der Waals surface area (Å²) in [6, 6.07) is 6.72. The van der Waals surface area contributed by atoms with Gasteiger partial charge in [0, 0.05) is 37.0 Å². The molecular formula is C20H24N4O4. The monoisotopic (exact) mass is 384 g/mol. The van der Waals surface area contributed by atoms with Crippen molar-refractivity contribution >= 4 is 17.6 Å². The van der Waals surface area contributed by atoms with Crippen LogP contribution < -0.4 is 10.5 Å². The molecule has 0 unspecified atom stereocenters. The van der Waals surface area contributed by atoms with Crippen LogP contribution in [0.3, 0.4) is 0 Å². The smallest absolute Gasteiger partial charge is 0.260 e. The van der Waals surface area contributed by atoms with Crippen LogP contribution >= 0.6 is 0 Å². The highest BCUT2D eigenvalue weighted by molar-refractivity contribution is 5.94. The van der Waals surface area contributed by atoms with Crippen LogP contribution in [-0.2, 0) is 16.1 Å². The van der Waals surface area contributed by atoms with Gasteiger partial charge in [0.15, 0.2) is 12.4 Å². The summed E-state index contributed by atoms with van der Waals surface area (Å²) >= 11 is 0. The molecule has 1 aromatic heterocycles. The molecule has 8 heteroatoms. The van der Waals surface area contributed by atoms with Crippen molar-refractivity contribution in [1.82, 2.24) is 14.5 Å². The van der Waals surface area contributed by atoms with E-state index in [1.54, 1.807) is 46.1 Å². The molecule has 0 saturated carbocycles. The number of primary amides is 1. The number of likely N-dealkylation sites (tertiary alicyclic amines) is 1. The number of Topliss-reactive ketones (excluding diaryl/α,β-unsaturated/α-hetero) is 1. The number of carbonyl (C=O) groups is 3. The molecule has 2 amide bonds. The Morgan fingerprint density at radius 2 is 2.00 bits per heavy atom. The van der Waals surface area contributed by atoms with E-state index in [0.29, 0.717) is 24.4 Å². The van der Waals surface area contributed by atoms with E-state index in [1.165, 1.54) is 6.92 Å². The first-order valence-corrected chi connectivity index (χ1v) is 9.25. The highest BCUT2D eigenvalue weighted by Crippen LogP contribution is 2.26. The number of nitrogens with zero attached hydrogens (tertiary/aromatic N) is 3. The molecule has 1 saturated heterocycles. The third kappa shape index (κ3) is 4.76. The Bertz CT molecular complexity index is 859. The minimum Gasteiger partial charge on any atom is -0.484 e. The second-order valence-electron chi connectivity index (χ2n) is 6.93. The lowest BCUT2D eigenvalue weighted by Crippen LogP contribution is -2.42. The Morgan fingerprint density at radius 1 is 1.25 bits per heavy atom. The van der Waals surface area contributed by atoms with E-state index in [4.69, 9.17) is 10.5 Å². The fourth-order valence-corrected chi connectivity index (χ4v) is 3.42. The van der Waals surface area contributed by atoms with Gasteiger partial charge in [0.25, 0.3) is 5.91 Å². The van der Waals surface area contributed by atoms with E-state index >= 15 is 0 Å². The number of hydrogen-bond acceptors (Lipinski definition) is 5. The quantitative estimate of drug-likeness (QED) is 0.725. The van der Waals surface area contributed by atoms with Crippen LogP contribution in [0.5, 0.6) is 5.75 Å². The summed E-state index contributed by atoms with van der Waals surface area (Å²) in [5, 5.41) is 0. The third-order valence-corrected chi connectivity index (χ3v) is 4.84. The number of ether oxygens (including phenoxy) is 1. The molecule has 2 heterocycles. The largest absolute Gasteiger partial charge is 0.484 e. The van der Waals surface area contributed by atoms with Crippen LogP contribution in [0.2, 0.25) is 0 Å². The van der Waals surface area contributed by atoms with Crippen molar-refractivity contribution in [3.63, 3.8) is 0 Å². The van der Waals surface area contributed by atoms with E-state index in [2.05, 4.69) is 4.98 Å². The fourth-order valence-electron chi connectivity index (χ4n) is 3.42. The first-order valence-electron chi connectivity index (χ1n) is 9.25. The van der Waals surface area contributed by atoms with Gasteiger partial charge >= 0.3 is 0 Å². The summed E-state index contributed by atoms with van der Waals surface area (Å²) in [4.78, 5) is 41.2. The maximum absolute atomic E-state index is 12.6. The van der Waals surface area contributed by atoms with Crippen molar-refractivity contribution in [2.24, 2.45) is 5.73 Å². The van der Waals surface area contributed by atoms with Gasteiger partial charge in [-0.3, -0.25) is 14.4 Å². The predicted molar refractivity (Wildman–Crippen MR) is 102 cm³/mol. The van der Waals surface area contributed by atoms with Gasteiger partial charge in [-0.1, -0.05) is 0 Å². The SMILES string of the molecule is CC(=O)c1ccc(OCC(=O)N2CCC[C@@H](c3nccn3CC(N)=O)C2)cc1. The van der Waals surface area contributed by atoms with Gasteiger partial charge in [0.05, 0.1) is 0 Å². The number of carbonyl (C=O) groups excluding carboxylic acids is 3. The van der Waals surface area contributed by atoms with E-state index in [-0.39, 0.29) is 30.8 Å². The minimum atomic E-state index is -0.424. The number of rotatable bonds is 7. The number of benzene rings is 1. The predicted octanol–water partition coefficient (Wildman–Crippen LogP) is 1.36. The highest BCUT2D eigenvalue weighted by Gasteiger charge is 2.27. The Kier molecular flexibility index (Phi) is 6.08. The van der Waals surface area contributed by atoms with Crippen LogP contribution in [0.15, 0.2) is 36.7 Å². The molecule has 1 atom stereocenters. The summed E-state index contributed by atoms with van der Waals surface area (Å²) in [5.74, 6) is 0.833. The Hall–Kier alpha value is -3.16. The maximum atomic E-state index is 12.6. The summed E-state index contributed by atoms with van der Waals surface area (Å²) in [7, 11) is 0. The summed E-state index contributed by atoms with van der Waals surface area (Å²) in [6.07, 6.45) is 5.13. The van der Waals surface area contributed by atoms with Gasteiger partial charge in [-0.2, -0.15) is 0 Å². The molecule has 28 heavy (non-hydrogen) atoms. The summed E-state index contributed by atoms with van der Waals surface area (Å²) in [5.41, 5.74) is 5.89. The normalized spacial score (nSPS) is 16.6. The topological polar surface area (TPSA) is 108 Å². The van der Waals surface area contributed by atoms with E-state index in [9.17, 15) is 14.4 Å². The first-order chi connectivity index (χ1) is 13.4. The van der Waals surface area contributed by atoms with Gasteiger partial charge < -0.3 is 19.9 Å². The van der Waals surface area contributed by atoms with Crippen LogP contribution in [-0.4, -0.2) is 51.7 Å². The van der Waals surface area contributed by atoms with Crippen LogP contribution in [0.1, 0.15) is 41.9 Å². The zero-order valence-corrected chi connectivity index (χ0v) is 15.8. The zero-order chi connectivity index (χ0) is 20.1. The number of imidazole rings is 1. The molecule has 0 radical (unpaired) electrons. The lowest BCUT2D eigenvalue weighted by molar-refractivity contribution is -0.134. The van der Waals surface area contributed by atoms with Gasteiger partial charge in [-0.25, -0.2) is 4.98 Å². The third-order valence-electron chi connectivity index (χ3n) is 4.84. The van der Waals surface area contributed by atoms with Crippen LogP contribution in [0, 0.1) is 0 Å². The molecule has 1 aromatic carbocycles. The molecule has 3 rings (SSSR count). The first kappa shape index (κ1) is 19.6. The highest BCUT2D eigenvalue weighted by atomic mass is 16.5. The zero-order valence-electron chi connectivity index (χ0n) is 15.8. The summed E-state index contributed by atoms with van der Waals surface area (Å²) in [6.45, 7) is 2.71. The van der Waals surface area contributed by atoms with Crippen LogP contribution in [0.25, 0.3) is 0 Å². The van der Waals surface area contributed by atoms with Crippen molar-refractivity contribution in [1.29, 1.82) is 0 Å². The second kappa shape index (κ2) is 8.69. The molecular weight excluding hydrogens is 360 g/mol. The van der Waals surface area contributed by atoms with Crippen LogP contribution in [0.4, 0.5) is 0 Å². The van der Waals surface area contributed by atoms with Gasteiger partial charge in [-0.05, 0) is 44.0 Å². The fraction of sp³-hybridized carbons (Fsp3) is 0.400. The van der Waals surface area contributed by atoms with E-state index in [1.807, 2.05) is 0 Å². The average Bonchev–Trinajstić information content (AvgIpc) is 3.14. The van der Waals surface area contributed by atoms with Gasteiger partial charge in [-0.15, -0.1) is 0 Å². The molecule has 1 aliphatic rings. The Balaban J connectivity index is 1.58. The Labute approximate surface area is 163 Å². The lowest BCUT2D eigenvalue weighted by atomic mass is 9.97. The van der Waals surface area contributed by atoms with Crippen molar-refractivity contribution < 1.29 is 19.1 Å². The Morgan fingerprint density at radius 3 is 2.68 bits per heavy atom. The second-order valence-corrected chi connectivity index (χ2v) is 6.93. The van der Waals surface area contributed by atoms with Crippen molar-refractivity contribution in [2.45, 2.75) is 32.2 Å². The minimum absolute atomic E-state index is 0.0170. The maximum Gasteiger partial charge on any atom is 0.260 e. The average molecular weight is 384 g/mol. The van der Waals surface area contributed by atoms with Crippen molar-refractivity contribution in [3.05, 3.63) is 48.0 Å². The molecule has 1 aliphatic heterocycles.